The van der Waals surface area contributed by atoms with Crippen molar-refractivity contribution in [1.29, 1.82) is 0 Å². The summed E-state index contributed by atoms with van der Waals surface area (Å²) in [4.78, 5) is 4.83. The maximum atomic E-state index is 6.03. The van der Waals surface area contributed by atoms with Gasteiger partial charge in [-0.15, -0.1) is 0 Å². The molecule has 4 aromatic rings. The van der Waals surface area contributed by atoms with Gasteiger partial charge in [-0.1, -0.05) is 17.7 Å². The third-order valence-electron chi connectivity index (χ3n) is 4.60. The Kier molecular flexibility index (Phi) is 5.18. The molecule has 4 rings (SSSR count). The minimum Gasteiger partial charge on any atom is -0.493 e. The van der Waals surface area contributed by atoms with Crippen LogP contribution in [-0.2, 0) is 0 Å². The largest absolute Gasteiger partial charge is 0.493 e. The molecule has 0 spiro atoms. The summed E-state index contributed by atoms with van der Waals surface area (Å²) in [5.74, 6) is 2.45. The van der Waals surface area contributed by atoms with Crippen molar-refractivity contribution in [1.82, 2.24) is 9.38 Å². The number of halogens is 1. The molecule has 7 heteroatoms. The van der Waals surface area contributed by atoms with E-state index in [0.717, 1.165) is 28.4 Å². The second kappa shape index (κ2) is 7.93. The minimum atomic E-state index is 0.516. The van der Waals surface area contributed by atoms with Crippen molar-refractivity contribution >= 4 is 28.8 Å². The summed E-state index contributed by atoms with van der Waals surface area (Å²) in [6, 6.07) is 17.1. The lowest BCUT2D eigenvalue weighted by molar-refractivity contribution is 0.325. The summed E-state index contributed by atoms with van der Waals surface area (Å²) in [5, 5.41) is 4.13. The molecule has 0 unspecified atom stereocenters. The van der Waals surface area contributed by atoms with Crippen molar-refractivity contribution < 1.29 is 14.2 Å². The van der Waals surface area contributed by atoms with Crippen LogP contribution in [0.15, 0.2) is 60.8 Å². The minimum absolute atomic E-state index is 0.516. The first-order valence-electron chi connectivity index (χ1n) is 8.95. The fourth-order valence-corrected chi connectivity index (χ4v) is 3.39. The molecule has 6 nitrogen and oxygen atoms in total. The maximum absolute atomic E-state index is 6.03. The standard InChI is InChI=1S/C22H20ClN3O3/c1-27-17-12-11-16(20(28-2)21(17)29-3)19-22(24-15-9-7-14(23)8-10-15)26-13-5-4-6-18(26)25-19/h4-13,24H,1-3H3. The van der Waals surface area contributed by atoms with Crippen LogP contribution in [0.1, 0.15) is 0 Å². The molecule has 0 aliphatic carbocycles. The third-order valence-corrected chi connectivity index (χ3v) is 4.85. The van der Waals surface area contributed by atoms with Crippen LogP contribution >= 0.6 is 11.6 Å². The predicted molar refractivity (Wildman–Crippen MR) is 115 cm³/mol. The van der Waals surface area contributed by atoms with Gasteiger partial charge >= 0.3 is 0 Å². The molecule has 0 bridgehead atoms. The zero-order valence-electron chi connectivity index (χ0n) is 16.3. The Bertz CT molecular complexity index is 1160. The molecule has 148 valence electrons. The molecule has 2 aromatic carbocycles. The highest BCUT2D eigenvalue weighted by Gasteiger charge is 2.22. The molecule has 0 saturated heterocycles. The molecule has 0 amide bonds. The number of nitrogens with zero attached hydrogens (tertiary/aromatic N) is 2. The summed E-state index contributed by atoms with van der Waals surface area (Å²) < 4.78 is 18.6. The molecule has 2 heterocycles. The number of pyridine rings is 1. The highest BCUT2D eigenvalue weighted by molar-refractivity contribution is 6.30. The first-order valence-corrected chi connectivity index (χ1v) is 9.33. The number of anilines is 2. The van der Waals surface area contributed by atoms with Gasteiger partial charge in [-0.25, -0.2) is 4.98 Å². The lowest BCUT2D eigenvalue weighted by Gasteiger charge is -2.16. The first kappa shape index (κ1) is 19.0. The van der Waals surface area contributed by atoms with Crippen LogP contribution in [0.2, 0.25) is 5.02 Å². The van der Waals surface area contributed by atoms with Gasteiger partial charge in [-0.3, -0.25) is 4.40 Å². The SMILES string of the molecule is COc1ccc(-c2nc3ccccn3c2Nc2ccc(Cl)cc2)c(OC)c1OC. The average molecular weight is 410 g/mol. The molecule has 0 aliphatic rings. The molecule has 0 atom stereocenters. The number of benzene rings is 2. The quantitative estimate of drug-likeness (QED) is 0.460. The number of imidazole rings is 1. The van der Waals surface area contributed by atoms with Gasteiger partial charge in [0.15, 0.2) is 11.5 Å². The molecule has 29 heavy (non-hydrogen) atoms. The Morgan fingerprint density at radius 2 is 1.62 bits per heavy atom. The van der Waals surface area contributed by atoms with Crippen molar-refractivity contribution in [2.24, 2.45) is 0 Å². The third kappa shape index (κ3) is 3.43. The van der Waals surface area contributed by atoms with E-state index < -0.39 is 0 Å². The van der Waals surface area contributed by atoms with E-state index >= 15 is 0 Å². The zero-order valence-corrected chi connectivity index (χ0v) is 17.0. The van der Waals surface area contributed by atoms with Crippen LogP contribution < -0.4 is 19.5 Å². The monoisotopic (exact) mass is 409 g/mol. The number of aromatic nitrogens is 2. The van der Waals surface area contributed by atoms with E-state index in [1.54, 1.807) is 21.3 Å². The van der Waals surface area contributed by atoms with E-state index in [1.165, 1.54) is 0 Å². The lowest BCUT2D eigenvalue weighted by Crippen LogP contribution is -1.99. The van der Waals surface area contributed by atoms with Crippen molar-refractivity contribution in [2.45, 2.75) is 0 Å². The molecular formula is C22H20ClN3O3. The maximum Gasteiger partial charge on any atom is 0.203 e. The first-order chi connectivity index (χ1) is 14.2. The van der Waals surface area contributed by atoms with Crippen LogP contribution in [-0.4, -0.2) is 30.7 Å². The predicted octanol–water partition coefficient (Wildman–Crippen LogP) is 5.42. The number of rotatable bonds is 6. The number of hydrogen-bond donors (Lipinski definition) is 1. The number of ether oxygens (including phenoxy) is 3. The fraction of sp³-hybridized carbons (Fsp3) is 0.136. The zero-order chi connectivity index (χ0) is 20.4. The van der Waals surface area contributed by atoms with E-state index in [2.05, 4.69) is 5.32 Å². The number of nitrogens with one attached hydrogen (secondary N) is 1. The van der Waals surface area contributed by atoms with Crippen LogP contribution in [0.3, 0.4) is 0 Å². The van der Waals surface area contributed by atoms with Crippen molar-refractivity contribution in [3.05, 3.63) is 65.8 Å². The molecule has 0 fully saturated rings. The van der Waals surface area contributed by atoms with Gasteiger partial charge in [0.2, 0.25) is 5.75 Å². The van der Waals surface area contributed by atoms with Gasteiger partial charge in [-0.05, 0) is 48.5 Å². The summed E-state index contributed by atoms with van der Waals surface area (Å²) in [5.41, 5.74) is 3.20. The van der Waals surface area contributed by atoms with E-state index in [9.17, 15) is 0 Å². The van der Waals surface area contributed by atoms with Gasteiger partial charge in [-0.2, -0.15) is 0 Å². The molecule has 0 saturated carbocycles. The molecular weight excluding hydrogens is 390 g/mol. The Hall–Kier alpha value is -3.38. The van der Waals surface area contributed by atoms with E-state index in [0.29, 0.717) is 22.3 Å². The number of methoxy groups -OCH3 is 3. The molecule has 2 aromatic heterocycles. The lowest BCUT2D eigenvalue weighted by atomic mass is 10.1. The Morgan fingerprint density at radius 3 is 2.31 bits per heavy atom. The Balaban J connectivity index is 1.93. The summed E-state index contributed by atoms with van der Waals surface area (Å²) in [7, 11) is 4.78. The number of fused-ring (bicyclic) bond motifs is 1. The smallest absolute Gasteiger partial charge is 0.203 e. The van der Waals surface area contributed by atoms with E-state index in [1.807, 2.05) is 65.2 Å². The highest BCUT2D eigenvalue weighted by Crippen LogP contribution is 2.46. The van der Waals surface area contributed by atoms with Crippen LogP contribution in [0, 0.1) is 0 Å². The number of hydrogen-bond acceptors (Lipinski definition) is 5. The van der Waals surface area contributed by atoms with Gasteiger partial charge in [0.1, 0.15) is 17.2 Å². The van der Waals surface area contributed by atoms with Gasteiger partial charge in [0.05, 0.1) is 26.9 Å². The Morgan fingerprint density at radius 1 is 0.862 bits per heavy atom. The normalized spacial score (nSPS) is 10.8. The van der Waals surface area contributed by atoms with Crippen molar-refractivity contribution in [3.8, 4) is 28.5 Å². The van der Waals surface area contributed by atoms with Gasteiger partial charge < -0.3 is 19.5 Å². The molecule has 0 aliphatic heterocycles. The van der Waals surface area contributed by atoms with Crippen LogP contribution in [0.4, 0.5) is 11.5 Å². The topological polar surface area (TPSA) is 57.0 Å². The average Bonchev–Trinajstić information content (AvgIpc) is 3.12. The van der Waals surface area contributed by atoms with Crippen molar-refractivity contribution in [3.63, 3.8) is 0 Å². The summed E-state index contributed by atoms with van der Waals surface area (Å²) in [6.07, 6.45) is 1.96. The summed E-state index contributed by atoms with van der Waals surface area (Å²) >= 11 is 6.03. The molecule has 1 N–H and O–H groups in total. The Labute approximate surface area is 173 Å². The second-order valence-corrected chi connectivity index (χ2v) is 6.69. The van der Waals surface area contributed by atoms with Gasteiger partial charge in [0.25, 0.3) is 0 Å². The summed E-state index contributed by atoms with van der Waals surface area (Å²) in [6.45, 7) is 0. The van der Waals surface area contributed by atoms with E-state index in [-0.39, 0.29) is 0 Å². The fourth-order valence-electron chi connectivity index (χ4n) is 3.26. The second-order valence-electron chi connectivity index (χ2n) is 6.25. The van der Waals surface area contributed by atoms with Crippen LogP contribution in [0.25, 0.3) is 16.9 Å². The highest BCUT2D eigenvalue weighted by atomic mass is 35.5. The van der Waals surface area contributed by atoms with Crippen molar-refractivity contribution in [2.75, 3.05) is 26.6 Å². The molecule has 0 radical (unpaired) electrons. The van der Waals surface area contributed by atoms with E-state index in [4.69, 9.17) is 30.8 Å². The van der Waals surface area contributed by atoms with Crippen LogP contribution in [0.5, 0.6) is 17.2 Å². The van der Waals surface area contributed by atoms with Gasteiger partial charge in [0, 0.05) is 16.9 Å².